The molecule has 0 bridgehead atoms. The summed E-state index contributed by atoms with van der Waals surface area (Å²) in [5.41, 5.74) is 24.2. The van der Waals surface area contributed by atoms with E-state index < -0.39 is 6.85 Å². The second-order valence-electron chi connectivity index (χ2n) is 18.4. The van der Waals surface area contributed by atoms with Crippen molar-refractivity contribution in [3.05, 3.63) is 248 Å². The first kappa shape index (κ1) is 36.8. The fourth-order valence-electron chi connectivity index (χ4n) is 11.6. The summed E-state index contributed by atoms with van der Waals surface area (Å²) in [6.45, 7) is -2.47. The molecule has 1 aromatic heterocycles. The molecule has 0 saturated carbocycles. The van der Waals surface area contributed by atoms with Crippen molar-refractivity contribution in [3.8, 4) is 123 Å². The number of nitriles is 1. The van der Waals surface area contributed by atoms with Crippen molar-refractivity contribution in [2.24, 2.45) is 0 Å². The molecule has 0 fully saturated rings. The van der Waals surface area contributed by atoms with Gasteiger partial charge in [0.15, 0.2) is 0 Å². The van der Waals surface area contributed by atoms with E-state index in [1.54, 1.807) is 0 Å². The van der Waals surface area contributed by atoms with E-state index in [0.717, 1.165) is 111 Å². The van der Waals surface area contributed by atoms with E-state index in [9.17, 15) is 9.37 Å². The lowest BCUT2D eigenvalue weighted by Crippen LogP contribution is -2.01. The van der Waals surface area contributed by atoms with E-state index in [4.69, 9.17) is 0 Å². The van der Waals surface area contributed by atoms with Crippen molar-refractivity contribution in [2.45, 2.75) is 6.85 Å². The molecule has 70 heavy (non-hydrogen) atoms. The fraction of sp³-hybridized carbons (Fsp3) is 0.0147. The number of hydrogen-bond acceptors (Lipinski definition) is 1. The highest BCUT2D eigenvalue weighted by atomic mass is 15.0. The Balaban J connectivity index is 0.982. The first-order valence-electron chi connectivity index (χ1n) is 25.3. The lowest BCUT2D eigenvalue weighted by atomic mass is 9.79. The lowest BCUT2D eigenvalue weighted by molar-refractivity contribution is 1.18. The third-order valence-corrected chi connectivity index (χ3v) is 14.7. The predicted octanol–water partition coefficient (Wildman–Crippen LogP) is 18.3. The largest absolute Gasteiger partial charge is 0.309 e. The molecule has 0 radical (unpaired) electrons. The second-order valence-corrected chi connectivity index (χ2v) is 18.4. The Hall–Kier alpha value is -9.29. The van der Waals surface area contributed by atoms with Gasteiger partial charge in [0, 0.05) is 20.6 Å². The molecule has 2 heteroatoms. The molecule has 0 spiro atoms. The molecule has 0 aliphatic heterocycles. The van der Waals surface area contributed by atoms with Gasteiger partial charge in [-0.05, 0) is 172 Å². The van der Waals surface area contributed by atoms with Gasteiger partial charge in [-0.25, -0.2) is 0 Å². The van der Waals surface area contributed by atoms with Gasteiger partial charge in [0.2, 0.25) is 0 Å². The molecule has 324 valence electrons. The Labute approximate surface area is 411 Å². The Morgan fingerprint density at radius 1 is 0.314 bits per heavy atom. The second kappa shape index (κ2) is 15.6. The molecular formula is C68H42N2. The summed E-state index contributed by atoms with van der Waals surface area (Å²) in [6.07, 6.45) is 0. The molecule has 1 heterocycles. The number of benzene rings is 11. The SMILES string of the molecule is [2H]C([2H])([2H])c1c(-c2ccc3c(c2)-c2ccccc2-c2ccccc2-c2ccccc2-3)cccc1-c1ccc2c(c1)-c1ccc(C#N)cc1-c1ccccc1-c1cc(-n3c4ccccc4c4ccccc43)ccc1-2. The molecule has 0 amide bonds. The maximum absolute atomic E-state index is 10.3. The summed E-state index contributed by atoms with van der Waals surface area (Å²) in [5.74, 6) is 0. The minimum Gasteiger partial charge on any atom is -0.309 e. The zero-order chi connectivity index (χ0) is 49.0. The summed E-state index contributed by atoms with van der Waals surface area (Å²) in [5, 5.41) is 12.7. The number of fused-ring (bicyclic) bond motifs is 19. The first-order valence-corrected chi connectivity index (χ1v) is 23.8. The van der Waals surface area contributed by atoms with Gasteiger partial charge in [0.1, 0.15) is 0 Å². The van der Waals surface area contributed by atoms with Crippen LogP contribution in [0.1, 0.15) is 15.2 Å². The molecule has 2 aliphatic rings. The molecular weight excluding hydrogens is 845 g/mol. The van der Waals surface area contributed by atoms with E-state index in [2.05, 4.69) is 217 Å². The summed E-state index contributed by atoms with van der Waals surface area (Å²) < 4.78 is 30.2. The minimum absolute atomic E-state index is 0.298. The average Bonchev–Trinajstić information content (AvgIpc) is 3.78. The average molecular weight is 890 g/mol. The number of para-hydroxylation sites is 2. The van der Waals surface area contributed by atoms with Crippen LogP contribution in [0.15, 0.2) is 237 Å². The van der Waals surface area contributed by atoms with Gasteiger partial charge in [-0.3, -0.25) is 0 Å². The van der Waals surface area contributed by atoms with E-state index in [0.29, 0.717) is 22.3 Å². The smallest absolute Gasteiger partial charge is 0.0991 e. The summed E-state index contributed by atoms with van der Waals surface area (Å²) >= 11 is 0. The van der Waals surface area contributed by atoms with Gasteiger partial charge in [0.05, 0.1) is 22.7 Å². The minimum atomic E-state index is -2.47. The van der Waals surface area contributed by atoms with Crippen LogP contribution in [0.3, 0.4) is 0 Å². The van der Waals surface area contributed by atoms with Gasteiger partial charge in [-0.2, -0.15) is 5.26 Å². The van der Waals surface area contributed by atoms with Crippen LogP contribution < -0.4 is 0 Å². The number of nitrogens with zero attached hydrogens (tertiary/aromatic N) is 2. The van der Waals surface area contributed by atoms with Crippen LogP contribution in [-0.4, -0.2) is 4.57 Å². The van der Waals surface area contributed by atoms with Crippen molar-refractivity contribution < 1.29 is 4.11 Å². The number of hydrogen-bond donors (Lipinski definition) is 0. The van der Waals surface area contributed by atoms with Crippen molar-refractivity contribution in [1.82, 2.24) is 4.57 Å². The molecule has 0 atom stereocenters. The quantitative estimate of drug-likeness (QED) is 0.174. The van der Waals surface area contributed by atoms with Gasteiger partial charge in [0.25, 0.3) is 0 Å². The molecule has 2 aliphatic carbocycles. The standard InChI is InChI=1S/C68H42N2/c1-42-47(44-30-34-57-53-19-5-4-17-51(53)49-15-2-3-16-50(49)52-18-6-7-20-54(52)64(57)38-44)25-14-26-48(42)45-31-35-58-59-36-32-46(70-67-27-12-10-23-61(67)62-24-11-13-28-68(62)70)40-66(59)56-22-9-8-21-55(56)63-37-43(41-69)29-33-60(63)65(58)39-45/h2-40H,1H3/i1D3. The zero-order valence-electron chi connectivity index (χ0n) is 40.9. The first-order chi connectivity index (χ1) is 35.8. The Morgan fingerprint density at radius 3 is 1.11 bits per heavy atom. The fourth-order valence-corrected chi connectivity index (χ4v) is 11.6. The lowest BCUT2D eigenvalue weighted by Gasteiger charge is -2.25. The van der Waals surface area contributed by atoms with Crippen LogP contribution >= 0.6 is 0 Å². The number of aromatic nitrogens is 1. The highest BCUT2D eigenvalue weighted by Crippen LogP contribution is 2.52. The van der Waals surface area contributed by atoms with E-state index in [1.165, 1.54) is 16.3 Å². The number of rotatable bonds is 3. The Morgan fingerprint density at radius 2 is 0.657 bits per heavy atom. The van der Waals surface area contributed by atoms with Crippen LogP contribution in [-0.2, 0) is 0 Å². The molecule has 0 N–H and O–H groups in total. The van der Waals surface area contributed by atoms with Gasteiger partial charge in [-0.15, -0.1) is 0 Å². The van der Waals surface area contributed by atoms with E-state index >= 15 is 0 Å². The Kier molecular flexibility index (Phi) is 8.22. The van der Waals surface area contributed by atoms with Crippen LogP contribution in [0.25, 0.3) is 139 Å². The van der Waals surface area contributed by atoms with Crippen LogP contribution in [0.2, 0.25) is 0 Å². The van der Waals surface area contributed by atoms with Gasteiger partial charge >= 0.3 is 0 Å². The van der Waals surface area contributed by atoms with Gasteiger partial charge < -0.3 is 4.57 Å². The van der Waals surface area contributed by atoms with E-state index in [1.807, 2.05) is 30.3 Å². The van der Waals surface area contributed by atoms with Crippen LogP contribution in [0, 0.1) is 18.2 Å². The molecule has 0 saturated heterocycles. The molecule has 0 unspecified atom stereocenters. The van der Waals surface area contributed by atoms with Crippen molar-refractivity contribution >= 4 is 21.8 Å². The van der Waals surface area contributed by atoms with Crippen molar-refractivity contribution in [3.63, 3.8) is 0 Å². The highest BCUT2D eigenvalue weighted by molar-refractivity contribution is 6.10. The molecule has 14 rings (SSSR count). The van der Waals surface area contributed by atoms with Crippen LogP contribution in [0.4, 0.5) is 0 Å². The molecule has 12 aromatic rings. The third kappa shape index (κ3) is 5.99. The summed E-state index contributed by atoms with van der Waals surface area (Å²) in [7, 11) is 0. The zero-order valence-corrected chi connectivity index (χ0v) is 37.9. The maximum atomic E-state index is 10.3. The molecule has 11 aromatic carbocycles. The predicted molar refractivity (Wildman–Crippen MR) is 292 cm³/mol. The highest BCUT2D eigenvalue weighted by Gasteiger charge is 2.26. The van der Waals surface area contributed by atoms with Gasteiger partial charge in [-0.1, -0.05) is 188 Å². The monoisotopic (exact) mass is 889 g/mol. The van der Waals surface area contributed by atoms with Crippen LogP contribution in [0.5, 0.6) is 0 Å². The summed E-state index contributed by atoms with van der Waals surface area (Å²) in [6, 6.07) is 85.2. The summed E-state index contributed by atoms with van der Waals surface area (Å²) in [4.78, 5) is 0. The van der Waals surface area contributed by atoms with E-state index in [-0.39, 0.29) is 0 Å². The normalized spacial score (nSPS) is 12.6. The molecule has 2 nitrogen and oxygen atoms in total. The topological polar surface area (TPSA) is 28.7 Å². The Bertz CT molecular complexity index is 4280. The maximum Gasteiger partial charge on any atom is 0.0991 e. The van der Waals surface area contributed by atoms with Crippen molar-refractivity contribution in [2.75, 3.05) is 0 Å². The third-order valence-electron chi connectivity index (χ3n) is 14.7. The van der Waals surface area contributed by atoms with Crippen molar-refractivity contribution in [1.29, 1.82) is 5.26 Å².